The van der Waals surface area contributed by atoms with Gasteiger partial charge in [0.25, 0.3) is 0 Å². The zero-order chi connectivity index (χ0) is 6.24. The molecule has 0 spiro atoms. The molecule has 0 aromatic carbocycles. The highest BCUT2D eigenvalue weighted by molar-refractivity contribution is 4.72. The average molecular weight is 124 g/mol. The summed E-state index contributed by atoms with van der Waals surface area (Å²) in [7, 11) is 0. The van der Waals surface area contributed by atoms with Crippen molar-refractivity contribution in [3.63, 3.8) is 0 Å². The minimum atomic E-state index is 0. The van der Waals surface area contributed by atoms with E-state index in [2.05, 4.69) is 0 Å². The number of nitriles is 2. The van der Waals surface area contributed by atoms with Gasteiger partial charge in [0, 0.05) is 12.8 Å². The van der Waals surface area contributed by atoms with Crippen LogP contribution in [0.1, 0.15) is 33.1 Å². The van der Waals surface area contributed by atoms with Gasteiger partial charge >= 0.3 is 0 Å². The van der Waals surface area contributed by atoms with Crippen LogP contribution in [-0.4, -0.2) is 0 Å². The summed E-state index contributed by atoms with van der Waals surface area (Å²) in [6, 6.07) is 4.03. The van der Waals surface area contributed by atoms with E-state index in [0.717, 1.165) is 12.8 Å². The topological polar surface area (TPSA) is 47.6 Å². The maximum absolute atomic E-state index is 8.03. The first-order chi connectivity index (χ1) is 3.91. The van der Waals surface area contributed by atoms with Crippen molar-refractivity contribution in [1.82, 2.24) is 0 Å². The molecule has 0 N–H and O–H groups in total. The van der Waals surface area contributed by atoms with E-state index >= 15 is 0 Å². The normalized spacial score (nSPS) is 6.44. The fraction of sp³-hybridized carbons (Fsp3) is 0.714. The fourth-order valence-corrected chi connectivity index (χ4v) is 0.408. The Morgan fingerprint density at radius 1 is 0.889 bits per heavy atom. The Morgan fingerprint density at radius 3 is 1.44 bits per heavy atom. The highest BCUT2D eigenvalue weighted by Crippen LogP contribution is 1.95. The van der Waals surface area contributed by atoms with Gasteiger partial charge in [-0.25, -0.2) is 0 Å². The number of hydrogen-bond acceptors (Lipinski definition) is 2. The van der Waals surface area contributed by atoms with E-state index in [9.17, 15) is 0 Å². The fourth-order valence-electron chi connectivity index (χ4n) is 0.408. The Balaban J connectivity index is 0. The third-order valence-electron chi connectivity index (χ3n) is 0.827. The molecule has 0 radical (unpaired) electrons. The van der Waals surface area contributed by atoms with Crippen molar-refractivity contribution in [3.05, 3.63) is 0 Å². The summed E-state index contributed by atoms with van der Waals surface area (Å²) in [5.41, 5.74) is 0. The lowest BCUT2D eigenvalue weighted by Crippen LogP contribution is -1.70. The molecular formula is C7H12N2. The van der Waals surface area contributed by atoms with Crippen LogP contribution < -0.4 is 0 Å². The summed E-state index contributed by atoms with van der Waals surface area (Å²) in [5, 5.41) is 16.1. The monoisotopic (exact) mass is 124 g/mol. The molecule has 0 heterocycles. The summed E-state index contributed by atoms with van der Waals surface area (Å²) < 4.78 is 0. The molecule has 0 aliphatic carbocycles. The van der Waals surface area contributed by atoms with E-state index in [1.54, 1.807) is 0 Å². The number of hydrogen-bond donors (Lipinski definition) is 0. The van der Waals surface area contributed by atoms with Crippen molar-refractivity contribution in [3.8, 4) is 12.1 Å². The van der Waals surface area contributed by atoms with Crippen LogP contribution in [0.5, 0.6) is 0 Å². The molecule has 0 saturated carbocycles. The van der Waals surface area contributed by atoms with Crippen LogP contribution in [0.15, 0.2) is 0 Å². The summed E-state index contributed by atoms with van der Waals surface area (Å²) in [6.07, 6.45) is 2.90. The van der Waals surface area contributed by atoms with Gasteiger partial charge in [0.2, 0.25) is 0 Å². The molecule has 0 amide bonds. The number of nitrogens with zero attached hydrogens (tertiary/aromatic N) is 2. The second-order valence-electron chi connectivity index (χ2n) is 1.52. The van der Waals surface area contributed by atoms with Crippen LogP contribution in [0.4, 0.5) is 0 Å². The summed E-state index contributed by atoms with van der Waals surface area (Å²) in [5.74, 6) is 0. The van der Waals surface area contributed by atoms with E-state index < -0.39 is 0 Å². The highest BCUT2D eigenvalue weighted by Gasteiger charge is 1.83. The van der Waals surface area contributed by atoms with Gasteiger partial charge in [0.15, 0.2) is 0 Å². The Kier molecular flexibility index (Phi) is 12.2. The third kappa shape index (κ3) is 10.9. The molecule has 0 aliphatic rings. The first kappa shape index (κ1) is 10.9. The van der Waals surface area contributed by atoms with Gasteiger partial charge in [-0.15, -0.1) is 0 Å². The minimum absolute atomic E-state index is 0. The van der Waals surface area contributed by atoms with Crippen molar-refractivity contribution in [2.75, 3.05) is 0 Å². The molecule has 9 heavy (non-hydrogen) atoms. The molecule has 50 valence electrons. The lowest BCUT2D eigenvalue weighted by Gasteiger charge is -1.83. The van der Waals surface area contributed by atoms with Crippen molar-refractivity contribution in [1.29, 1.82) is 10.5 Å². The standard InChI is InChI=1S/C6H8N2.CH4/c7-5-3-1-2-4-6-8;/h1-4H2;1H4. The van der Waals surface area contributed by atoms with Crippen LogP contribution in [-0.2, 0) is 0 Å². The van der Waals surface area contributed by atoms with E-state index in [4.69, 9.17) is 10.5 Å². The van der Waals surface area contributed by atoms with Crippen molar-refractivity contribution in [2.24, 2.45) is 0 Å². The molecule has 0 aromatic rings. The Labute approximate surface area is 56.7 Å². The Bertz CT molecular complexity index is 99.9. The predicted molar refractivity (Wildman–Crippen MR) is 36.4 cm³/mol. The molecule has 0 aliphatic heterocycles. The first-order valence-electron chi connectivity index (χ1n) is 2.65. The third-order valence-corrected chi connectivity index (χ3v) is 0.827. The lowest BCUT2D eigenvalue weighted by molar-refractivity contribution is 0.773. The summed E-state index contributed by atoms with van der Waals surface area (Å²) in [4.78, 5) is 0. The predicted octanol–water partition coefficient (Wildman–Crippen LogP) is 2.23. The second kappa shape index (κ2) is 10.1. The van der Waals surface area contributed by atoms with Crippen molar-refractivity contribution < 1.29 is 0 Å². The zero-order valence-electron chi connectivity index (χ0n) is 4.72. The summed E-state index contributed by atoms with van der Waals surface area (Å²) >= 11 is 0. The molecule has 0 fully saturated rings. The second-order valence-corrected chi connectivity index (χ2v) is 1.52. The van der Waals surface area contributed by atoms with Crippen molar-refractivity contribution in [2.45, 2.75) is 33.1 Å². The molecule has 0 rings (SSSR count). The molecule has 0 bridgehead atoms. The summed E-state index contributed by atoms with van der Waals surface area (Å²) in [6.45, 7) is 0. The van der Waals surface area contributed by atoms with Gasteiger partial charge in [0.05, 0.1) is 12.1 Å². The highest BCUT2D eigenvalue weighted by atomic mass is 14.2. The van der Waals surface area contributed by atoms with E-state index in [-0.39, 0.29) is 7.43 Å². The zero-order valence-corrected chi connectivity index (χ0v) is 4.72. The smallest absolute Gasteiger partial charge is 0.0621 e. The van der Waals surface area contributed by atoms with Crippen LogP contribution >= 0.6 is 0 Å². The van der Waals surface area contributed by atoms with Gasteiger partial charge in [-0.05, 0) is 12.8 Å². The van der Waals surface area contributed by atoms with E-state index in [1.165, 1.54) is 0 Å². The first-order valence-corrected chi connectivity index (χ1v) is 2.65. The SMILES string of the molecule is C.N#CCCCCC#N. The van der Waals surface area contributed by atoms with Gasteiger partial charge in [-0.3, -0.25) is 0 Å². The Morgan fingerprint density at radius 2 is 1.22 bits per heavy atom. The van der Waals surface area contributed by atoms with Gasteiger partial charge in [0.1, 0.15) is 0 Å². The maximum Gasteiger partial charge on any atom is 0.0621 e. The molecule has 0 aromatic heterocycles. The van der Waals surface area contributed by atoms with Crippen molar-refractivity contribution >= 4 is 0 Å². The van der Waals surface area contributed by atoms with Gasteiger partial charge in [-0.1, -0.05) is 7.43 Å². The van der Waals surface area contributed by atoms with Crippen LogP contribution in [0.2, 0.25) is 0 Å². The molecular weight excluding hydrogens is 112 g/mol. The van der Waals surface area contributed by atoms with Crippen LogP contribution in [0.3, 0.4) is 0 Å². The molecule has 2 nitrogen and oxygen atoms in total. The van der Waals surface area contributed by atoms with Gasteiger partial charge < -0.3 is 0 Å². The largest absolute Gasteiger partial charge is 0.198 e. The van der Waals surface area contributed by atoms with E-state index in [1.807, 2.05) is 12.1 Å². The molecule has 0 atom stereocenters. The number of rotatable bonds is 3. The average Bonchev–Trinajstić information content (AvgIpc) is 1.81. The van der Waals surface area contributed by atoms with Crippen LogP contribution in [0, 0.1) is 22.7 Å². The minimum Gasteiger partial charge on any atom is -0.198 e. The quantitative estimate of drug-likeness (QED) is 0.541. The van der Waals surface area contributed by atoms with Gasteiger partial charge in [-0.2, -0.15) is 10.5 Å². The molecule has 0 saturated heterocycles. The maximum atomic E-state index is 8.03. The molecule has 2 heteroatoms. The van der Waals surface area contributed by atoms with E-state index in [0.29, 0.717) is 12.8 Å². The Hall–Kier alpha value is -1.02. The molecule has 0 unspecified atom stereocenters. The lowest BCUT2D eigenvalue weighted by atomic mass is 10.2. The van der Waals surface area contributed by atoms with Crippen LogP contribution in [0.25, 0.3) is 0 Å². The number of unbranched alkanes of at least 4 members (excludes halogenated alkanes) is 3.